The largest absolute Gasteiger partial charge is 0.481 e. The summed E-state index contributed by atoms with van der Waals surface area (Å²) in [6.07, 6.45) is 0.0976. The molecule has 0 aliphatic rings. The van der Waals surface area contributed by atoms with Crippen LogP contribution in [0.4, 0.5) is 4.79 Å². The number of alkyl carbamates (subject to hydrolysis) is 1. The summed E-state index contributed by atoms with van der Waals surface area (Å²) < 4.78 is 5.07. The Hall–Kier alpha value is -2.32. The van der Waals surface area contributed by atoms with Crippen molar-refractivity contribution in [2.45, 2.75) is 71.1 Å². The summed E-state index contributed by atoms with van der Waals surface area (Å²) in [4.78, 5) is 45.7. The summed E-state index contributed by atoms with van der Waals surface area (Å²) in [5.41, 5.74) is -0.747. The fraction of sp³-hybridized carbons (Fsp3) is 0.733. The van der Waals surface area contributed by atoms with Gasteiger partial charge < -0.3 is 25.6 Å². The average Bonchev–Trinajstić information content (AvgIpc) is 2.39. The van der Waals surface area contributed by atoms with Gasteiger partial charge in [-0.05, 0) is 27.2 Å². The molecule has 2 atom stereocenters. The molecule has 2 amide bonds. The quantitative estimate of drug-likeness (QED) is 0.490. The Morgan fingerprint density at radius 1 is 1.04 bits per heavy atom. The molecule has 0 saturated heterocycles. The third kappa shape index (κ3) is 9.65. The van der Waals surface area contributed by atoms with Crippen LogP contribution in [0.2, 0.25) is 0 Å². The van der Waals surface area contributed by atoms with Gasteiger partial charge in [-0.3, -0.25) is 9.59 Å². The summed E-state index contributed by atoms with van der Waals surface area (Å²) >= 11 is 0. The van der Waals surface area contributed by atoms with Gasteiger partial charge in [-0.1, -0.05) is 19.8 Å². The first-order chi connectivity index (χ1) is 11.0. The van der Waals surface area contributed by atoms with Crippen molar-refractivity contribution < 1.29 is 34.1 Å². The molecule has 0 aromatic rings. The predicted molar refractivity (Wildman–Crippen MR) is 84.5 cm³/mol. The first-order valence-corrected chi connectivity index (χ1v) is 7.70. The molecule has 0 aliphatic carbocycles. The van der Waals surface area contributed by atoms with Gasteiger partial charge in [0, 0.05) is 0 Å². The van der Waals surface area contributed by atoms with Gasteiger partial charge in [0.25, 0.3) is 0 Å². The summed E-state index contributed by atoms with van der Waals surface area (Å²) in [5, 5.41) is 22.2. The van der Waals surface area contributed by atoms with Crippen LogP contribution in [0.15, 0.2) is 0 Å². The number of carbonyl (C=O) groups excluding carboxylic acids is 2. The standard InChI is InChI=1S/C15H26N2O7/c1-5-6-7-9(17-14(23)24-15(2,3)4)12(20)16-10(13(21)22)8-11(18)19/h9-10H,5-8H2,1-4H3,(H,16,20)(H,17,23)(H,18,19)(H,21,22)/t9-,10-/m0/s1. The predicted octanol–water partition coefficient (Wildman–Crippen LogP) is 1.11. The number of unbranched alkanes of at least 4 members (excludes halogenated alkanes) is 1. The fourth-order valence-electron chi connectivity index (χ4n) is 1.77. The van der Waals surface area contributed by atoms with Crippen molar-refractivity contribution >= 4 is 23.9 Å². The Labute approximate surface area is 140 Å². The minimum atomic E-state index is -1.57. The lowest BCUT2D eigenvalue weighted by Gasteiger charge is -2.24. The number of ether oxygens (including phenoxy) is 1. The molecule has 0 aromatic carbocycles. The van der Waals surface area contributed by atoms with E-state index < -0.39 is 48.0 Å². The minimum Gasteiger partial charge on any atom is -0.481 e. The van der Waals surface area contributed by atoms with E-state index in [1.807, 2.05) is 6.92 Å². The molecule has 0 spiro atoms. The lowest BCUT2D eigenvalue weighted by Crippen LogP contribution is -2.52. The second kappa shape index (κ2) is 9.74. The van der Waals surface area contributed by atoms with E-state index in [1.165, 1.54) is 0 Å². The number of carboxylic acids is 2. The van der Waals surface area contributed by atoms with Gasteiger partial charge in [-0.25, -0.2) is 9.59 Å². The second-order valence-corrected chi connectivity index (χ2v) is 6.34. The van der Waals surface area contributed by atoms with Crippen LogP contribution in [-0.2, 0) is 19.1 Å². The zero-order valence-corrected chi connectivity index (χ0v) is 14.4. The highest BCUT2D eigenvalue weighted by molar-refractivity contribution is 5.90. The molecule has 24 heavy (non-hydrogen) atoms. The van der Waals surface area contributed by atoms with Crippen LogP contribution in [0.5, 0.6) is 0 Å². The van der Waals surface area contributed by atoms with E-state index in [-0.39, 0.29) is 6.42 Å². The molecule has 9 nitrogen and oxygen atoms in total. The van der Waals surface area contributed by atoms with Gasteiger partial charge in [0.05, 0.1) is 6.42 Å². The number of nitrogens with one attached hydrogen (secondary N) is 2. The van der Waals surface area contributed by atoms with E-state index >= 15 is 0 Å². The molecule has 4 N–H and O–H groups in total. The van der Waals surface area contributed by atoms with Crippen molar-refractivity contribution in [2.24, 2.45) is 0 Å². The summed E-state index contributed by atoms with van der Waals surface area (Å²) in [5.74, 6) is -3.58. The van der Waals surface area contributed by atoms with E-state index in [1.54, 1.807) is 20.8 Å². The van der Waals surface area contributed by atoms with Crippen LogP contribution in [0, 0.1) is 0 Å². The van der Waals surface area contributed by atoms with Crippen LogP contribution in [0.1, 0.15) is 53.4 Å². The van der Waals surface area contributed by atoms with E-state index in [9.17, 15) is 19.2 Å². The monoisotopic (exact) mass is 346 g/mol. The lowest BCUT2D eigenvalue weighted by molar-refractivity contribution is -0.147. The SMILES string of the molecule is CCCC[C@H](NC(=O)OC(C)(C)C)C(=O)N[C@@H](CC(=O)O)C(=O)O. The normalized spacial score (nSPS) is 13.5. The third-order valence-corrected chi connectivity index (χ3v) is 2.85. The van der Waals surface area contributed by atoms with Gasteiger partial charge in [0.2, 0.25) is 5.91 Å². The summed E-state index contributed by atoms with van der Waals surface area (Å²) in [6.45, 7) is 6.90. The fourth-order valence-corrected chi connectivity index (χ4v) is 1.77. The number of amides is 2. The number of carboxylic acid groups (broad SMARTS) is 2. The second-order valence-electron chi connectivity index (χ2n) is 6.34. The van der Waals surface area contributed by atoms with Crippen LogP contribution in [-0.4, -0.2) is 51.8 Å². The highest BCUT2D eigenvalue weighted by Crippen LogP contribution is 2.08. The van der Waals surface area contributed by atoms with Crippen molar-refractivity contribution in [1.29, 1.82) is 0 Å². The maximum Gasteiger partial charge on any atom is 0.408 e. The number of aliphatic carboxylic acids is 2. The zero-order chi connectivity index (χ0) is 18.9. The minimum absolute atomic E-state index is 0.279. The molecular weight excluding hydrogens is 320 g/mol. The highest BCUT2D eigenvalue weighted by atomic mass is 16.6. The van der Waals surface area contributed by atoms with Crippen molar-refractivity contribution in [3.05, 3.63) is 0 Å². The molecule has 0 heterocycles. The zero-order valence-electron chi connectivity index (χ0n) is 14.4. The molecule has 0 aromatic heterocycles. The number of carbonyl (C=O) groups is 4. The van der Waals surface area contributed by atoms with Gasteiger partial charge in [0.15, 0.2) is 0 Å². The number of hydrogen-bond donors (Lipinski definition) is 4. The first kappa shape index (κ1) is 21.7. The Balaban J connectivity index is 4.94. The molecule has 0 bridgehead atoms. The van der Waals surface area contributed by atoms with Crippen molar-refractivity contribution in [3.8, 4) is 0 Å². The van der Waals surface area contributed by atoms with Gasteiger partial charge >= 0.3 is 18.0 Å². The van der Waals surface area contributed by atoms with Crippen LogP contribution >= 0.6 is 0 Å². The van der Waals surface area contributed by atoms with Crippen LogP contribution in [0.25, 0.3) is 0 Å². The van der Waals surface area contributed by atoms with Crippen molar-refractivity contribution in [1.82, 2.24) is 10.6 Å². The number of rotatable bonds is 9. The van der Waals surface area contributed by atoms with Crippen molar-refractivity contribution in [2.75, 3.05) is 0 Å². The molecular formula is C15H26N2O7. The molecule has 9 heteroatoms. The van der Waals surface area contributed by atoms with Crippen LogP contribution in [0.3, 0.4) is 0 Å². The van der Waals surface area contributed by atoms with Crippen LogP contribution < -0.4 is 10.6 Å². The van der Waals surface area contributed by atoms with Crippen molar-refractivity contribution in [3.63, 3.8) is 0 Å². The Bertz CT molecular complexity index is 471. The Kier molecular flexibility index (Phi) is 8.80. The third-order valence-electron chi connectivity index (χ3n) is 2.85. The lowest BCUT2D eigenvalue weighted by atomic mass is 10.1. The summed E-state index contributed by atoms with van der Waals surface area (Å²) in [6, 6.07) is -2.57. The first-order valence-electron chi connectivity index (χ1n) is 7.70. The van der Waals surface area contributed by atoms with Gasteiger partial charge in [-0.2, -0.15) is 0 Å². The highest BCUT2D eigenvalue weighted by Gasteiger charge is 2.29. The molecule has 0 unspecified atom stereocenters. The molecule has 0 radical (unpaired) electrons. The van der Waals surface area contributed by atoms with Gasteiger partial charge in [0.1, 0.15) is 17.7 Å². The smallest absolute Gasteiger partial charge is 0.408 e. The van der Waals surface area contributed by atoms with E-state index in [2.05, 4.69) is 10.6 Å². The number of hydrogen-bond acceptors (Lipinski definition) is 5. The topological polar surface area (TPSA) is 142 Å². The Morgan fingerprint density at radius 2 is 1.62 bits per heavy atom. The molecule has 0 saturated carbocycles. The van der Waals surface area contributed by atoms with E-state index in [0.717, 1.165) is 6.42 Å². The molecule has 0 rings (SSSR count). The molecule has 0 aliphatic heterocycles. The van der Waals surface area contributed by atoms with E-state index in [0.29, 0.717) is 6.42 Å². The maximum atomic E-state index is 12.2. The van der Waals surface area contributed by atoms with E-state index in [4.69, 9.17) is 14.9 Å². The summed E-state index contributed by atoms with van der Waals surface area (Å²) in [7, 11) is 0. The average molecular weight is 346 g/mol. The van der Waals surface area contributed by atoms with Gasteiger partial charge in [-0.15, -0.1) is 0 Å². The maximum absolute atomic E-state index is 12.2. The Morgan fingerprint density at radius 3 is 2.04 bits per heavy atom. The molecule has 0 fully saturated rings. The molecule has 138 valence electrons.